The molecule has 2 atom stereocenters. The number of aromatic nitrogens is 2. The summed E-state index contributed by atoms with van der Waals surface area (Å²) in [5.74, 6) is 1.49. The number of nitrogens with zero attached hydrogens (tertiary/aromatic N) is 2. The third-order valence-corrected chi connectivity index (χ3v) is 6.11. The summed E-state index contributed by atoms with van der Waals surface area (Å²) >= 11 is 0. The van der Waals surface area contributed by atoms with Crippen molar-refractivity contribution in [3.05, 3.63) is 91.1 Å². The summed E-state index contributed by atoms with van der Waals surface area (Å²) in [6.45, 7) is 5.32. The predicted molar refractivity (Wildman–Crippen MR) is 144 cm³/mol. The molecule has 1 heterocycles. The fourth-order valence-electron chi connectivity index (χ4n) is 3.08. The molecular formula is C28H36N4O4. The fraction of sp³-hybridized carbons (Fsp3) is 0.357. The summed E-state index contributed by atoms with van der Waals surface area (Å²) in [6.07, 6.45) is 3.27. The fourth-order valence-corrected chi connectivity index (χ4v) is 3.08. The van der Waals surface area contributed by atoms with Gasteiger partial charge < -0.3 is 29.2 Å². The molecule has 0 spiro atoms. The molecule has 192 valence electrons. The molecular weight excluding hydrogens is 456 g/mol. The molecule has 0 amide bonds. The molecule has 8 nitrogen and oxygen atoms in total. The molecule has 0 aliphatic rings. The second kappa shape index (κ2) is 12.4. The Balaban J connectivity index is 1.74. The van der Waals surface area contributed by atoms with Crippen molar-refractivity contribution in [2.45, 2.75) is 25.9 Å². The molecule has 0 saturated carbocycles. The van der Waals surface area contributed by atoms with E-state index in [0.717, 1.165) is 22.6 Å². The highest BCUT2D eigenvalue weighted by Crippen LogP contribution is 2.14. The molecule has 3 aromatic rings. The smallest absolute Gasteiger partial charge is 0.272 e. The number of H-pyrrole nitrogens is 2. The summed E-state index contributed by atoms with van der Waals surface area (Å²) < 4.78 is 11.6. The van der Waals surface area contributed by atoms with Gasteiger partial charge in [-0.2, -0.15) is 0 Å². The van der Waals surface area contributed by atoms with Crippen LogP contribution in [-0.2, 0) is 0 Å². The molecule has 2 N–H and O–H groups in total. The first-order valence-electron chi connectivity index (χ1n) is 12.0. The van der Waals surface area contributed by atoms with Crippen LogP contribution in [0.3, 0.4) is 0 Å². The Morgan fingerprint density at radius 1 is 0.667 bits per heavy atom. The number of rotatable bonds is 10. The van der Waals surface area contributed by atoms with E-state index in [1.165, 1.54) is 0 Å². The number of hydrogen-bond donors (Lipinski definition) is 2. The van der Waals surface area contributed by atoms with Gasteiger partial charge in [-0.3, -0.25) is 9.59 Å². The molecule has 0 bridgehead atoms. The lowest BCUT2D eigenvalue weighted by Crippen LogP contribution is -2.46. The van der Waals surface area contributed by atoms with Crippen LogP contribution in [0.5, 0.6) is 11.5 Å². The van der Waals surface area contributed by atoms with E-state index in [2.05, 4.69) is 33.6 Å². The highest BCUT2D eigenvalue weighted by Gasteiger charge is 2.06. The van der Waals surface area contributed by atoms with Crippen LogP contribution in [0.1, 0.15) is 25.0 Å². The Labute approximate surface area is 211 Å². The molecule has 3 rings (SSSR count). The van der Waals surface area contributed by atoms with Crippen LogP contribution in [0.4, 0.5) is 0 Å². The minimum absolute atomic E-state index is 0.186. The molecule has 2 aromatic carbocycles. The van der Waals surface area contributed by atoms with Crippen molar-refractivity contribution in [3.8, 4) is 11.5 Å². The van der Waals surface area contributed by atoms with Crippen molar-refractivity contribution >= 4 is 12.2 Å². The molecule has 8 heteroatoms. The average molecular weight is 493 g/mol. The zero-order valence-electron chi connectivity index (χ0n) is 21.9. The van der Waals surface area contributed by atoms with Crippen LogP contribution in [-0.4, -0.2) is 73.3 Å². The molecule has 0 fully saturated rings. The third kappa shape index (κ3) is 7.69. The summed E-state index contributed by atoms with van der Waals surface area (Å²) in [7, 11) is 8.03. The average Bonchev–Trinajstić information content (AvgIpc) is 2.85. The van der Waals surface area contributed by atoms with E-state index in [9.17, 15) is 9.59 Å². The van der Waals surface area contributed by atoms with Crippen LogP contribution in [0.25, 0.3) is 12.2 Å². The first kappa shape index (κ1) is 27.0. The Kier molecular flexibility index (Phi) is 9.27. The topological polar surface area (TPSA) is 90.7 Å². The van der Waals surface area contributed by atoms with E-state index in [0.29, 0.717) is 25.3 Å². The first-order valence-corrected chi connectivity index (χ1v) is 12.0. The molecule has 36 heavy (non-hydrogen) atoms. The van der Waals surface area contributed by atoms with Gasteiger partial charge in [0, 0.05) is 12.1 Å². The maximum absolute atomic E-state index is 12.6. The van der Waals surface area contributed by atoms with Gasteiger partial charge >= 0.3 is 0 Å². The zero-order chi connectivity index (χ0) is 26.2. The number of hydrogen-bond acceptors (Lipinski definition) is 6. The summed E-state index contributed by atoms with van der Waals surface area (Å²) in [5.41, 5.74) is 0.803. The van der Waals surface area contributed by atoms with Gasteiger partial charge in [-0.1, -0.05) is 24.3 Å². The monoisotopic (exact) mass is 492 g/mol. The number of likely N-dealkylation sites (N-methyl/N-ethyl adjacent to an activating group) is 2. The Morgan fingerprint density at radius 3 is 1.31 bits per heavy atom. The minimum Gasteiger partial charge on any atom is -0.492 e. The van der Waals surface area contributed by atoms with Crippen molar-refractivity contribution in [2.75, 3.05) is 41.4 Å². The van der Waals surface area contributed by atoms with E-state index in [-0.39, 0.29) is 21.8 Å². The lowest BCUT2D eigenvalue weighted by Gasteiger charge is -2.19. The quantitative estimate of drug-likeness (QED) is 0.445. The number of aromatic amines is 2. The maximum atomic E-state index is 12.6. The van der Waals surface area contributed by atoms with E-state index < -0.39 is 0 Å². The lowest BCUT2D eigenvalue weighted by atomic mass is 10.2. The SMILES string of the molecule is CC(COc1ccc(/C=c2\[nH]c(=O)/c(=C/c3ccc(OCC(C)N(C)C)cc3)[nH]c2=O)cc1)N(C)C. The van der Waals surface area contributed by atoms with Crippen LogP contribution in [0, 0.1) is 0 Å². The van der Waals surface area contributed by atoms with Crippen LogP contribution in [0.15, 0.2) is 58.1 Å². The van der Waals surface area contributed by atoms with Gasteiger partial charge in [-0.25, -0.2) is 0 Å². The predicted octanol–water partition coefficient (Wildman–Crippen LogP) is 1.38. The van der Waals surface area contributed by atoms with E-state index >= 15 is 0 Å². The summed E-state index contributed by atoms with van der Waals surface area (Å²) in [6, 6.07) is 15.3. The molecule has 0 radical (unpaired) electrons. The normalized spacial score (nSPS) is 14.3. The summed E-state index contributed by atoms with van der Waals surface area (Å²) in [4.78, 5) is 34.8. The van der Waals surface area contributed by atoms with Crippen LogP contribution in [0.2, 0.25) is 0 Å². The van der Waals surface area contributed by atoms with Gasteiger partial charge in [-0.15, -0.1) is 0 Å². The lowest BCUT2D eigenvalue weighted by molar-refractivity contribution is 0.198. The second-order valence-electron chi connectivity index (χ2n) is 9.41. The first-order chi connectivity index (χ1) is 17.1. The van der Waals surface area contributed by atoms with Crippen molar-refractivity contribution in [1.82, 2.24) is 19.8 Å². The third-order valence-electron chi connectivity index (χ3n) is 6.11. The highest BCUT2D eigenvalue weighted by atomic mass is 16.5. The molecule has 0 aliphatic carbocycles. The largest absolute Gasteiger partial charge is 0.492 e. The van der Waals surface area contributed by atoms with E-state index in [1.54, 1.807) is 12.2 Å². The van der Waals surface area contributed by atoms with Gasteiger partial charge in [0.25, 0.3) is 11.1 Å². The van der Waals surface area contributed by atoms with Crippen molar-refractivity contribution in [2.24, 2.45) is 0 Å². The molecule has 1 aromatic heterocycles. The van der Waals surface area contributed by atoms with Gasteiger partial charge in [0.15, 0.2) is 0 Å². The van der Waals surface area contributed by atoms with Crippen LogP contribution < -0.4 is 31.3 Å². The van der Waals surface area contributed by atoms with Gasteiger partial charge in [0.2, 0.25) is 0 Å². The molecule has 2 unspecified atom stereocenters. The van der Waals surface area contributed by atoms with Crippen LogP contribution >= 0.6 is 0 Å². The Bertz CT molecular complexity index is 1250. The Hall–Kier alpha value is -3.62. The van der Waals surface area contributed by atoms with Gasteiger partial charge in [0.05, 0.1) is 0 Å². The molecule has 0 saturated heterocycles. The van der Waals surface area contributed by atoms with Gasteiger partial charge in [0.1, 0.15) is 35.4 Å². The number of ether oxygens (including phenoxy) is 2. The second-order valence-corrected chi connectivity index (χ2v) is 9.41. The standard InChI is InChI=1S/C28H36N4O4/c1-19(31(3)4)17-35-23-11-7-21(8-12-23)15-25-27(33)30-26(28(34)29-25)16-22-9-13-24(14-10-22)36-18-20(2)32(5)6/h7-16,19-20H,17-18H2,1-6H3,(H,29,34)(H,30,33)/b25-15-,26-16-. The van der Waals surface area contributed by atoms with Crippen molar-refractivity contribution < 1.29 is 9.47 Å². The van der Waals surface area contributed by atoms with E-state index in [1.807, 2.05) is 76.7 Å². The minimum atomic E-state index is -0.376. The van der Waals surface area contributed by atoms with Crippen molar-refractivity contribution in [1.29, 1.82) is 0 Å². The molecule has 0 aliphatic heterocycles. The summed E-state index contributed by atoms with van der Waals surface area (Å²) in [5, 5.41) is 0.372. The van der Waals surface area contributed by atoms with E-state index in [4.69, 9.17) is 9.47 Å². The van der Waals surface area contributed by atoms with Crippen molar-refractivity contribution in [3.63, 3.8) is 0 Å². The zero-order valence-corrected chi connectivity index (χ0v) is 21.9. The number of nitrogens with one attached hydrogen (secondary N) is 2. The highest BCUT2D eigenvalue weighted by molar-refractivity contribution is 5.51. The maximum Gasteiger partial charge on any atom is 0.272 e. The number of benzene rings is 2. The Morgan fingerprint density at radius 2 is 1.00 bits per heavy atom. The van der Waals surface area contributed by atoms with Gasteiger partial charge in [-0.05, 0) is 89.6 Å².